The molecule has 0 amide bonds. The van der Waals surface area contributed by atoms with Gasteiger partial charge in [-0.15, -0.1) is 0 Å². The minimum Gasteiger partial charge on any atom is -0.380 e. The van der Waals surface area contributed by atoms with Crippen LogP contribution in [0.5, 0.6) is 0 Å². The molecule has 2 rings (SSSR count). The van der Waals surface area contributed by atoms with Crippen LogP contribution in [0.2, 0.25) is 10.0 Å². The van der Waals surface area contributed by atoms with Crippen molar-refractivity contribution in [3.63, 3.8) is 0 Å². The molecule has 0 aliphatic carbocycles. The van der Waals surface area contributed by atoms with E-state index in [-0.39, 0.29) is 0 Å². The van der Waals surface area contributed by atoms with Crippen molar-refractivity contribution in [2.75, 3.05) is 0 Å². The molecule has 1 aromatic heterocycles. The molecule has 0 spiro atoms. The van der Waals surface area contributed by atoms with Crippen LogP contribution in [0.1, 0.15) is 30.8 Å². The van der Waals surface area contributed by atoms with Crippen molar-refractivity contribution in [3.05, 3.63) is 52.0 Å². The Hall–Kier alpha value is -1.03. The first-order valence-corrected chi connectivity index (χ1v) is 6.53. The van der Waals surface area contributed by atoms with Crippen molar-refractivity contribution in [1.29, 1.82) is 0 Å². The number of aliphatic hydroxyl groups excluding tert-OH is 1. The molecule has 2 aromatic rings. The smallest absolute Gasteiger partial charge is 0.142 e. The fraction of sp³-hybridized carbons (Fsp3) is 0.308. The molecule has 1 heterocycles. The van der Waals surface area contributed by atoms with Gasteiger partial charge in [-0.1, -0.05) is 30.1 Å². The monoisotopic (exact) mass is 284 g/mol. The average Bonchev–Trinajstić information content (AvgIpc) is 2.80. The lowest BCUT2D eigenvalue weighted by Crippen LogP contribution is -2.10. The number of aromatic nitrogens is 2. The molecule has 0 radical (unpaired) electrons. The summed E-state index contributed by atoms with van der Waals surface area (Å²) in [5.41, 5.74) is 0.577. The van der Waals surface area contributed by atoms with E-state index in [9.17, 15) is 5.11 Å². The predicted molar refractivity (Wildman–Crippen MR) is 73.0 cm³/mol. The Labute approximate surface area is 116 Å². The Kier molecular flexibility index (Phi) is 4.27. The number of benzene rings is 1. The second-order valence-electron chi connectivity index (χ2n) is 4.05. The van der Waals surface area contributed by atoms with E-state index in [1.165, 1.54) is 0 Å². The van der Waals surface area contributed by atoms with E-state index in [1.807, 2.05) is 10.8 Å². The maximum Gasteiger partial charge on any atom is 0.142 e. The highest BCUT2D eigenvalue weighted by molar-refractivity contribution is 6.33. The number of hydrogen-bond donors (Lipinski definition) is 1. The van der Waals surface area contributed by atoms with Crippen molar-refractivity contribution < 1.29 is 5.11 Å². The van der Waals surface area contributed by atoms with Crippen molar-refractivity contribution in [2.45, 2.75) is 26.0 Å². The summed E-state index contributed by atoms with van der Waals surface area (Å²) in [6, 6.07) is 5.04. The molecule has 0 aliphatic heterocycles. The van der Waals surface area contributed by atoms with Gasteiger partial charge in [0.2, 0.25) is 0 Å². The normalized spacial score (nSPS) is 12.7. The van der Waals surface area contributed by atoms with Crippen molar-refractivity contribution in [1.82, 2.24) is 9.55 Å². The zero-order valence-corrected chi connectivity index (χ0v) is 11.5. The molecule has 3 nitrogen and oxygen atoms in total. The Morgan fingerprint density at radius 3 is 2.89 bits per heavy atom. The van der Waals surface area contributed by atoms with Crippen molar-refractivity contribution >= 4 is 23.2 Å². The van der Waals surface area contributed by atoms with E-state index >= 15 is 0 Å². The van der Waals surface area contributed by atoms with Gasteiger partial charge >= 0.3 is 0 Å². The van der Waals surface area contributed by atoms with E-state index in [4.69, 9.17) is 23.2 Å². The van der Waals surface area contributed by atoms with E-state index < -0.39 is 6.10 Å². The molecule has 1 aromatic carbocycles. The fourth-order valence-electron chi connectivity index (χ4n) is 1.86. The summed E-state index contributed by atoms with van der Waals surface area (Å²) in [5.74, 6) is 0.584. The molecule has 0 bridgehead atoms. The largest absolute Gasteiger partial charge is 0.380 e. The highest BCUT2D eigenvalue weighted by Crippen LogP contribution is 2.29. The van der Waals surface area contributed by atoms with Gasteiger partial charge < -0.3 is 9.67 Å². The summed E-state index contributed by atoms with van der Waals surface area (Å²) in [7, 11) is 0. The van der Waals surface area contributed by atoms with Crippen molar-refractivity contribution in [2.24, 2.45) is 0 Å². The fourth-order valence-corrected chi connectivity index (χ4v) is 2.26. The van der Waals surface area contributed by atoms with Gasteiger partial charge in [0, 0.05) is 34.5 Å². The summed E-state index contributed by atoms with van der Waals surface area (Å²) in [4.78, 5) is 4.19. The molecule has 1 unspecified atom stereocenters. The minimum absolute atomic E-state index is 0.484. The van der Waals surface area contributed by atoms with Gasteiger partial charge in [-0.05, 0) is 24.6 Å². The lowest BCUT2D eigenvalue weighted by atomic mass is 10.1. The molecular weight excluding hydrogens is 271 g/mol. The van der Waals surface area contributed by atoms with Crippen molar-refractivity contribution in [3.8, 4) is 0 Å². The lowest BCUT2D eigenvalue weighted by Gasteiger charge is -2.14. The van der Waals surface area contributed by atoms with Gasteiger partial charge in [0.25, 0.3) is 0 Å². The van der Waals surface area contributed by atoms with E-state index in [0.717, 1.165) is 13.0 Å². The maximum absolute atomic E-state index is 10.4. The molecule has 0 saturated carbocycles. The zero-order valence-electron chi connectivity index (χ0n) is 9.98. The van der Waals surface area contributed by atoms with Crippen LogP contribution in [-0.4, -0.2) is 14.7 Å². The first-order chi connectivity index (χ1) is 8.63. The van der Waals surface area contributed by atoms with Crippen LogP contribution in [0.15, 0.2) is 30.6 Å². The second-order valence-corrected chi connectivity index (χ2v) is 4.89. The summed E-state index contributed by atoms with van der Waals surface area (Å²) in [5, 5.41) is 11.4. The number of hydrogen-bond acceptors (Lipinski definition) is 2. The average molecular weight is 285 g/mol. The van der Waals surface area contributed by atoms with Gasteiger partial charge in [-0.3, -0.25) is 0 Å². The first kappa shape index (κ1) is 13.4. The maximum atomic E-state index is 10.4. The summed E-state index contributed by atoms with van der Waals surface area (Å²) < 4.78 is 1.92. The SMILES string of the molecule is CCCn1ccnc1C(O)c1cc(Cl)ccc1Cl. The standard InChI is InChI=1S/C13H14Cl2N2O/c1-2-6-17-7-5-16-13(17)12(18)10-8-9(14)3-4-11(10)15/h3-5,7-8,12,18H,2,6H2,1H3. The molecule has 0 fully saturated rings. The van der Waals surface area contributed by atoms with E-state index in [1.54, 1.807) is 24.4 Å². The predicted octanol–water partition coefficient (Wildman–Crippen LogP) is 3.68. The van der Waals surface area contributed by atoms with E-state index in [0.29, 0.717) is 21.4 Å². The molecule has 5 heteroatoms. The van der Waals surface area contributed by atoms with Crippen LogP contribution in [0.3, 0.4) is 0 Å². The molecule has 1 atom stereocenters. The molecule has 0 aliphatic rings. The number of aryl methyl sites for hydroxylation is 1. The molecule has 96 valence electrons. The Morgan fingerprint density at radius 2 is 2.17 bits per heavy atom. The second kappa shape index (κ2) is 5.74. The Morgan fingerprint density at radius 1 is 1.39 bits per heavy atom. The van der Waals surface area contributed by atoms with Gasteiger partial charge in [0.1, 0.15) is 11.9 Å². The molecule has 1 N–H and O–H groups in total. The van der Waals surface area contributed by atoms with Crippen LogP contribution >= 0.6 is 23.2 Å². The number of imidazole rings is 1. The van der Waals surface area contributed by atoms with Gasteiger partial charge in [0.15, 0.2) is 0 Å². The first-order valence-electron chi connectivity index (χ1n) is 5.77. The third kappa shape index (κ3) is 2.69. The Balaban J connectivity index is 2.38. The van der Waals surface area contributed by atoms with Crippen LogP contribution in [0.4, 0.5) is 0 Å². The molecule has 18 heavy (non-hydrogen) atoms. The number of halogens is 2. The molecular formula is C13H14Cl2N2O. The summed E-state index contributed by atoms with van der Waals surface area (Å²) in [6.45, 7) is 2.88. The Bertz CT molecular complexity index is 540. The summed E-state index contributed by atoms with van der Waals surface area (Å²) >= 11 is 12.0. The van der Waals surface area contributed by atoms with Gasteiger partial charge in [-0.25, -0.2) is 4.98 Å². The molecule has 0 saturated heterocycles. The minimum atomic E-state index is -0.863. The van der Waals surface area contributed by atoms with Crippen LogP contribution in [0, 0.1) is 0 Å². The highest BCUT2D eigenvalue weighted by Gasteiger charge is 2.18. The topological polar surface area (TPSA) is 38.0 Å². The van der Waals surface area contributed by atoms with Gasteiger partial charge in [-0.2, -0.15) is 0 Å². The third-order valence-electron chi connectivity index (χ3n) is 2.71. The number of rotatable bonds is 4. The third-order valence-corrected chi connectivity index (χ3v) is 3.29. The summed E-state index contributed by atoms with van der Waals surface area (Å²) in [6.07, 6.45) is 3.63. The number of nitrogens with zero attached hydrogens (tertiary/aromatic N) is 2. The quantitative estimate of drug-likeness (QED) is 0.930. The zero-order chi connectivity index (χ0) is 13.1. The van der Waals surface area contributed by atoms with Crippen LogP contribution in [-0.2, 0) is 6.54 Å². The van der Waals surface area contributed by atoms with Gasteiger partial charge in [0.05, 0.1) is 0 Å². The highest BCUT2D eigenvalue weighted by atomic mass is 35.5. The van der Waals surface area contributed by atoms with E-state index in [2.05, 4.69) is 11.9 Å². The van der Waals surface area contributed by atoms with Crippen LogP contribution in [0.25, 0.3) is 0 Å². The number of aliphatic hydroxyl groups is 1. The van der Waals surface area contributed by atoms with Crippen LogP contribution < -0.4 is 0 Å². The lowest BCUT2D eigenvalue weighted by molar-refractivity contribution is 0.204.